The molecule has 0 rings (SSSR count). The third-order valence-electron chi connectivity index (χ3n) is 1.06. The van der Waals surface area contributed by atoms with Gasteiger partial charge in [-0.3, -0.25) is 14.2 Å². The molecule has 1 unspecified atom stereocenters. The first-order chi connectivity index (χ1) is 5.25. The van der Waals surface area contributed by atoms with Gasteiger partial charge in [0.15, 0.2) is 5.66 Å². The van der Waals surface area contributed by atoms with Gasteiger partial charge >= 0.3 is 108 Å². The standard InChI is InChI=1S/C4H7O7P.3Na.3H/c5-3(6)1-2(4(7)8)12(9,10)11;;;;;;/h2H,1H2,(H,5,6)(H,7,8)(H2,9,10,11);;;;;;. The van der Waals surface area contributed by atoms with Crippen LogP contribution in [0, 0.1) is 0 Å². The molecule has 0 aromatic carbocycles. The molecule has 0 aliphatic carbocycles. The topological polar surface area (TPSA) is 132 Å². The summed E-state index contributed by atoms with van der Waals surface area (Å²) in [5.74, 6) is -3.38. The molecular formula is C4H10Na3O7P. The molecule has 4 N–H and O–H groups in total. The molecule has 0 aliphatic heterocycles. The van der Waals surface area contributed by atoms with Gasteiger partial charge in [0, 0.05) is 0 Å². The van der Waals surface area contributed by atoms with E-state index in [2.05, 4.69) is 0 Å². The van der Waals surface area contributed by atoms with Crippen LogP contribution < -0.4 is 0 Å². The van der Waals surface area contributed by atoms with E-state index in [4.69, 9.17) is 20.0 Å². The summed E-state index contributed by atoms with van der Waals surface area (Å²) in [5.41, 5.74) is -2.16. The van der Waals surface area contributed by atoms with Gasteiger partial charge in [0.2, 0.25) is 0 Å². The van der Waals surface area contributed by atoms with E-state index in [0.29, 0.717) is 0 Å². The van der Waals surface area contributed by atoms with Gasteiger partial charge in [-0.05, 0) is 0 Å². The van der Waals surface area contributed by atoms with Gasteiger partial charge < -0.3 is 20.0 Å². The van der Waals surface area contributed by atoms with E-state index in [-0.39, 0.29) is 88.7 Å². The quantitative estimate of drug-likeness (QED) is 0.319. The summed E-state index contributed by atoms with van der Waals surface area (Å²) >= 11 is 0. The molecule has 1 atom stereocenters. The fraction of sp³-hybridized carbons (Fsp3) is 0.500. The van der Waals surface area contributed by atoms with E-state index in [0.717, 1.165) is 0 Å². The molecule has 0 aromatic heterocycles. The van der Waals surface area contributed by atoms with E-state index < -0.39 is 31.6 Å². The summed E-state index contributed by atoms with van der Waals surface area (Å²) < 4.78 is 10.4. The molecule has 0 fully saturated rings. The Morgan fingerprint density at radius 2 is 1.40 bits per heavy atom. The Bertz CT molecular complexity index is 251. The van der Waals surface area contributed by atoms with Crippen LogP contribution in [0.3, 0.4) is 0 Å². The summed E-state index contributed by atoms with van der Waals surface area (Å²) in [5, 5.41) is 16.3. The molecule has 76 valence electrons. The Balaban J connectivity index is -0.000000202. The molecule has 0 heterocycles. The fourth-order valence-electron chi connectivity index (χ4n) is 0.515. The zero-order valence-electron chi connectivity index (χ0n) is 5.75. The normalized spacial score (nSPS) is 11.1. The summed E-state index contributed by atoms with van der Waals surface area (Å²) in [4.78, 5) is 36.8. The second-order valence-electron chi connectivity index (χ2n) is 2.04. The first-order valence-corrected chi connectivity index (χ1v) is 4.43. The van der Waals surface area contributed by atoms with Crippen molar-refractivity contribution in [2.24, 2.45) is 0 Å². The van der Waals surface area contributed by atoms with E-state index in [9.17, 15) is 14.2 Å². The number of hydrogen-bond donors (Lipinski definition) is 4. The summed E-state index contributed by atoms with van der Waals surface area (Å²) in [6.07, 6.45) is -1.08. The predicted octanol–water partition coefficient (Wildman–Crippen LogP) is -2.85. The van der Waals surface area contributed by atoms with Gasteiger partial charge in [-0.15, -0.1) is 0 Å². The summed E-state index contributed by atoms with van der Waals surface area (Å²) in [7, 11) is -4.87. The average Bonchev–Trinajstić information content (AvgIpc) is 1.79. The van der Waals surface area contributed by atoms with Crippen molar-refractivity contribution in [3.8, 4) is 0 Å². The zero-order valence-corrected chi connectivity index (χ0v) is 6.64. The molecule has 7 nitrogen and oxygen atoms in total. The van der Waals surface area contributed by atoms with Crippen molar-refractivity contribution >= 4 is 108 Å². The third kappa shape index (κ3) is 12.3. The molecule has 0 radical (unpaired) electrons. The van der Waals surface area contributed by atoms with Gasteiger partial charge in [-0.2, -0.15) is 0 Å². The van der Waals surface area contributed by atoms with Gasteiger partial charge in [-0.1, -0.05) is 0 Å². The van der Waals surface area contributed by atoms with Gasteiger partial charge in [-0.25, -0.2) is 0 Å². The maximum atomic E-state index is 10.4. The number of carboxylic acid groups (broad SMARTS) is 2. The Morgan fingerprint density at radius 3 is 1.47 bits per heavy atom. The number of aliphatic carboxylic acids is 2. The number of carboxylic acids is 2. The van der Waals surface area contributed by atoms with Crippen LogP contribution in [0.4, 0.5) is 0 Å². The van der Waals surface area contributed by atoms with Crippen LogP contribution in [0.1, 0.15) is 6.42 Å². The average molecular weight is 270 g/mol. The van der Waals surface area contributed by atoms with Crippen molar-refractivity contribution in [1.29, 1.82) is 0 Å². The first-order valence-electron chi connectivity index (χ1n) is 2.75. The van der Waals surface area contributed by atoms with Gasteiger partial charge in [0.25, 0.3) is 0 Å². The minimum absolute atomic E-state index is 0. The third-order valence-corrected chi connectivity index (χ3v) is 2.27. The number of carbonyl (C=O) groups is 2. The Hall–Kier alpha value is 2.09. The van der Waals surface area contributed by atoms with Crippen molar-refractivity contribution in [3.05, 3.63) is 0 Å². The molecule has 0 spiro atoms. The molecule has 0 saturated heterocycles. The van der Waals surface area contributed by atoms with Crippen LogP contribution in [0.2, 0.25) is 0 Å². The van der Waals surface area contributed by atoms with Crippen LogP contribution in [-0.2, 0) is 14.2 Å². The molecule has 11 heteroatoms. The maximum absolute atomic E-state index is 10.4. The monoisotopic (exact) mass is 270 g/mol. The van der Waals surface area contributed by atoms with Crippen LogP contribution in [0.25, 0.3) is 0 Å². The van der Waals surface area contributed by atoms with Crippen molar-refractivity contribution in [2.45, 2.75) is 12.1 Å². The van der Waals surface area contributed by atoms with E-state index >= 15 is 0 Å². The SMILES string of the molecule is O=C(O)CC(C(=O)O)P(=O)(O)O.[NaH].[NaH].[NaH]. The van der Waals surface area contributed by atoms with Crippen molar-refractivity contribution in [2.75, 3.05) is 0 Å². The molecule has 0 saturated carbocycles. The second-order valence-corrected chi connectivity index (χ2v) is 3.84. The summed E-state index contributed by atoms with van der Waals surface area (Å²) in [6.45, 7) is 0. The van der Waals surface area contributed by atoms with E-state index in [1.165, 1.54) is 0 Å². The molecule has 0 amide bonds. The predicted molar refractivity (Wildman–Crippen MR) is 57.2 cm³/mol. The summed E-state index contributed by atoms with van der Waals surface area (Å²) in [6, 6.07) is 0. The Kier molecular flexibility index (Phi) is 19.3. The fourth-order valence-corrected chi connectivity index (χ4v) is 1.20. The Morgan fingerprint density at radius 1 is 1.07 bits per heavy atom. The van der Waals surface area contributed by atoms with Crippen LogP contribution in [0.5, 0.6) is 0 Å². The van der Waals surface area contributed by atoms with Crippen LogP contribution in [-0.4, -0.2) is 126 Å². The van der Waals surface area contributed by atoms with Crippen molar-refractivity contribution in [3.63, 3.8) is 0 Å². The second kappa shape index (κ2) is 11.2. The van der Waals surface area contributed by atoms with Gasteiger partial charge in [0.1, 0.15) is 0 Å². The molecule has 0 bridgehead atoms. The van der Waals surface area contributed by atoms with Crippen LogP contribution in [0.15, 0.2) is 0 Å². The molecule has 15 heavy (non-hydrogen) atoms. The molecular weight excluding hydrogens is 260 g/mol. The van der Waals surface area contributed by atoms with E-state index in [1.807, 2.05) is 0 Å². The minimum atomic E-state index is -4.87. The van der Waals surface area contributed by atoms with Gasteiger partial charge in [0.05, 0.1) is 6.42 Å². The first kappa shape index (κ1) is 25.8. The van der Waals surface area contributed by atoms with Crippen LogP contribution >= 0.6 is 7.60 Å². The van der Waals surface area contributed by atoms with Crippen molar-refractivity contribution in [1.82, 2.24) is 0 Å². The molecule has 0 aromatic rings. The number of rotatable bonds is 4. The van der Waals surface area contributed by atoms with E-state index in [1.54, 1.807) is 0 Å². The number of hydrogen-bond acceptors (Lipinski definition) is 3. The van der Waals surface area contributed by atoms with Crippen molar-refractivity contribution < 1.29 is 34.2 Å². The zero-order chi connectivity index (χ0) is 9.94. The Labute approximate surface area is 152 Å². The molecule has 0 aliphatic rings.